The number of sulfonamides is 5. The second-order valence-corrected chi connectivity index (χ2v) is 47.6. The average Bonchev–Trinajstić information content (AvgIpc) is 0.852. The van der Waals surface area contributed by atoms with Crippen LogP contribution >= 0.6 is 11.3 Å². The Balaban J connectivity index is 0.000000128. The Kier molecular flexibility index (Phi) is 31.5. The van der Waals surface area contributed by atoms with E-state index in [9.17, 15) is 76.1 Å². The normalized spacial score (nSPS) is 18.4. The monoisotopic (exact) mass is 2060 g/mol. The molecule has 0 spiro atoms. The summed E-state index contributed by atoms with van der Waals surface area (Å²) in [6.45, 7) is 19.9. The van der Waals surface area contributed by atoms with Gasteiger partial charge in [0, 0.05) is 129 Å². The lowest BCUT2D eigenvalue weighted by atomic mass is 10.00. The Morgan fingerprint density at radius 1 is 0.336 bits per heavy atom. The number of ether oxygens (including phenoxy) is 6. The third-order valence-electron chi connectivity index (χ3n) is 27.8. The smallest absolute Gasteiger partial charge is 0.414 e. The van der Waals surface area contributed by atoms with Crippen molar-refractivity contribution in [2.45, 2.75) is 207 Å². The molecule has 9 aromatic carbocycles. The van der Waals surface area contributed by atoms with Crippen molar-refractivity contribution in [2.75, 3.05) is 97.1 Å². The number of nitriles is 1. The number of benzene rings is 9. The van der Waals surface area contributed by atoms with Gasteiger partial charge in [0.25, 0.3) is 10.0 Å². The van der Waals surface area contributed by atoms with E-state index in [0.717, 1.165) is 95.2 Å². The molecule has 10 aromatic rings. The maximum Gasteiger partial charge on any atom is 0.414 e. The molecule has 20 rings (SSSR count). The minimum absolute atomic E-state index is 0.0273. The molecule has 10 aliphatic heterocycles. The summed E-state index contributed by atoms with van der Waals surface area (Å²) in [7, 11) is -16.4. The van der Waals surface area contributed by atoms with Crippen LogP contribution in [0, 0.1) is 59.8 Å². The van der Waals surface area contributed by atoms with Crippen molar-refractivity contribution in [3.05, 3.63) is 277 Å². The lowest BCUT2D eigenvalue weighted by Crippen LogP contribution is -2.50. The first-order valence-electron chi connectivity index (χ1n) is 47.5. The van der Waals surface area contributed by atoms with E-state index in [0.29, 0.717) is 137 Å². The number of carbonyl (C=O) groups excluding carboxylic acids is 6. The molecule has 0 atom stereocenters. The van der Waals surface area contributed by atoms with Gasteiger partial charge >= 0.3 is 30.5 Å². The summed E-state index contributed by atoms with van der Waals surface area (Å²) in [4.78, 5) is 83.4. The number of hydrogen-bond donors (Lipinski definition) is 0. The summed E-state index contributed by atoms with van der Waals surface area (Å²) < 4.78 is 169. The summed E-state index contributed by atoms with van der Waals surface area (Å²) >= 11 is 1.23. The molecule has 5 amide bonds. The summed E-state index contributed by atoms with van der Waals surface area (Å²) in [5.41, 5.74) is 16.9. The summed E-state index contributed by atoms with van der Waals surface area (Å²) in [5, 5.41) is 11.0. The number of thiophene rings is 1. The first-order valence-corrected chi connectivity index (χ1v) is 55.6. The maximum atomic E-state index is 13.1. The summed E-state index contributed by atoms with van der Waals surface area (Å²) in [6, 6.07) is 58.3. The molecule has 0 N–H and O–H groups in total. The fourth-order valence-electron chi connectivity index (χ4n) is 20.4. The van der Waals surface area contributed by atoms with Crippen molar-refractivity contribution in [2.24, 2.45) is 0 Å². The van der Waals surface area contributed by atoms with Gasteiger partial charge in [-0.05, 0) is 219 Å². The molecule has 10 aliphatic rings. The lowest BCUT2D eigenvalue weighted by molar-refractivity contribution is 0.101. The number of aryl methyl sites for hydroxylation is 7. The number of anilines is 5. The molecular formula is C104H115N11O22S6. The Morgan fingerprint density at radius 2 is 0.629 bits per heavy atom. The van der Waals surface area contributed by atoms with E-state index < -0.39 is 50.1 Å². The molecule has 0 unspecified atom stereocenters. The van der Waals surface area contributed by atoms with Gasteiger partial charge in [0.15, 0.2) is 5.78 Å². The van der Waals surface area contributed by atoms with Crippen LogP contribution in [0.15, 0.2) is 223 Å². The van der Waals surface area contributed by atoms with Crippen molar-refractivity contribution in [3.8, 4) is 11.8 Å². The number of para-hydroxylation sites is 5. The second kappa shape index (κ2) is 43.6. The molecule has 0 saturated carbocycles. The molecule has 0 radical (unpaired) electrons. The molecule has 5 fully saturated rings. The van der Waals surface area contributed by atoms with Crippen LogP contribution in [0.5, 0.6) is 5.75 Å². The van der Waals surface area contributed by atoms with Crippen molar-refractivity contribution in [3.63, 3.8) is 0 Å². The quantitative estimate of drug-likeness (QED) is 0.0603. The molecular weight excluding hydrogens is 1950 g/mol. The number of carbonyl (C=O) groups is 6. The predicted octanol–water partition coefficient (Wildman–Crippen LogP) is 17.3. The van der Waals surface area contributed by atoms with Crippen LogP contribution in [0.3, 0.4) is 0 Å². The molecule has 5 saturated heterocycles. The lowest BCUT2D eigenvalue weighted by Gasteiger charge is -2.40. The van der Waals surface area contributed by atoms with E-state index in [4.69, 9.17) is 28.4 Å². The fraction of sp³-hybridized carbons (Fsp3) is 0.375. The van der Waals surface area contributed by atoms with Crippen molar-refractivity contribution in [1.82, 2.24) is 21.5 Å². The Bertz CT molecular complexity index is 7130. The highest BCUT2D eigenvalue weighted by atomic mass is 32.2. The zero-order valence-electron chi connectivity index (χ0n) is 81.0. The number of piperidine rings is 5. The van der Waals surface area contributed by atoms with E-state index in [2.05, 4.69) is 0 Å². The highest BCUT2D eigenvalue weighted by Crippen LogP contribution is 2.44. The molecule has 11 heterocycles. The van der Waals surface area contributed by atoms with E-state index in [1.54, 1.807) is 91.6 Å². The predicted molar refractivity (Wildman–Crippen MR) is 539 cm³/mol. The third kappa shape index (κ3) is 21.7. The van der Waals surface area contributed by atoms with Gasteiger partial charge in [0.1, 0.15) is 49.1 Å². The topological polar surface area (TPSA) is 385 Å². The highest BCUT2D eigenvalue weighted by Gasteiger charge is 2.46. The van der Waals surface area contributed by atoms with Crippen LogP contribution in [0.4, 0.5) is 52.4 Å². The van der Waals surface area contributed by atoms with Gasteiger partial charge in [-0.1, -0.05) is 139 Å². The number of ketones is 1. The first-order chi connectivity index (χ1) is 68.4. The number of cyclic esters (lactones) is 5. The van der Waals surface area contributed by atoms with Crippen LogP contribution in [-0.2, 0) is 107 Å². The highest BCUT2D eigenvalue weighted by molar-refractivity contribution is 7.91. The Labute approximate surface area is 839 Å². The van der Waals surface area contributed by atoms with Gasteiger partial charge in [0.05, 0.1) is 60.7 Å². The molecule has 0 bridgehead atoms. The SMILES string of the molecule is CC(=O)c1ccc(S(=O)(=O)N2CCC(N3C(=O)OCc4cccc(C)c43)CC2)cc1.COc1ccc(S(=O)(=O)N2CCC(N3C(=O)OCc4cccc(C)c43)CC2)cc1.Cc1ccc(S(=O)(=O)N2CCC(N3C(=O)OCc4cccc(C)c43)CC2)c(C)c1.Cc1cccc2c1N(C1CCN(S(=O)(=O)c3ccccc3C#N)CC1)C(=O)OC2.Cc1cccc2c1N(C1CCN(S(=O)(=O)c3cccs3)CC1)C(=O)OC2. The van der Waals surface area contributed by atoms with Crippen LogP contribution in [0.2, 0.25) is 0 Å². The Morgan fingerprint density at radius 3 is 0.916 bits per heavy atom. The second-order valence-electron chi connectivity index (χ2n) is 36.8. The minimum Gasteiger partial charge on any atom is -0.497 e. The van der Waals surface area contributed by atoms with Gasteiger partial charge in [-0.2, -0.15) is 26.8 Å². The standard InChI is InChI=1S/C22H24N2O5S.C22H26N2O4S.C21H21N3O4S.C21H24N2O5S.C18H20N2O4S2/c1-15-4-3-5-18-14-29-22(26)24(21(15)18)19-10-12-23(13-11-19)30(27,28)20-8-6-17(7-9-20)16(2)25;1-15-7-8-20(17(3)13-15)29(26,27)23-11-9-19(10-12-23)24-21-16(2)5-4-6-18(21)14-28-22(24)25;1-15-5-4-7-17-14-28-21(25)24(20(15)17)18-9-11-23(12-10-18)29(26,27)19-8-3-2-6-16(19)13-22;1-15-4-3-5-16-14-28-21(24)23(20(15)16)17-10-12-22(13-11-17)29(25,26)19-8-6-18(27-2)7-9-19;1-13-4-2-5-14-12-24-18(21)20(17(13)14)15-7-9-19(10-8-15)26(22,23)16-6-3-11-25-16/h3-9,19H,10-14H2,1-2H3;4-8,13,19H,9-12,14H2,1-3H3;2-8,18H,9-12,14H2,1H3;3-9,17H,10-14H2,1-2H3;2-6,11,15H,7-10,12H2,1H3. The molecule has 0 aliphatic carbocycles. The number of amides is 5. The number of nitrogens with zero attached hydrogens (tertiary/aromatic N) is 11. The molecule has 143 heavy (non-hydrogen) atoms. The van der Waals surface area contributed by atoms with E-state index >= 15 is 0 Å². The van der Waals surface area contributed by atoms with E-state index in [1.807, 2.05) is 158 Å². The van der Waals surface area contributed by atoms with Crippen LogP contribution in [0.1, 0.15) is 154 Å². The van der Waals surface area contributed by atoms with E-state index in [1.165, 1.54) is 76.2 Å². The van der Waals surface area contributed by atoms with Gasteiger partial charge in [-0.3, -0.25) is 29.3 Å². The third-order valence-corrected chi connectivity index (χ3v) is 38.9. The number of hydrogen-bond acceptors (Lipinski definition) is 24. The number of rotatable bonds is 17. The zero-order valence-corrected chi connectivity index (χ0v) is 85.9. The maximum absolute atomic E-state index is 13.1. The molecule has 33 nitrogen and oxygen atoms in total. The van der Waals surface area contributed by atoms with Gasteiger partial charge < -0.3 is 28.4 Å². The van der Waals surface area contributed by atoms with Crippen LogP contribution < -0.4 is 29.2 Å². The average molecular weight is 2060 g/mol. The van der Waals surface area contributed by atoms with Gasteiger partial charge in [-0.15, -0.1) is 11.3 Å². The minimum atomic E-state index is -3.77. The van der Waals surface area contributed by atoms with Crippen molar-refractivity contribution >= 4 is 126 Å². The largest absolute Gasteiger partial charge is 0.497 e. The number of fused-ring (bicyclic) bond motifs is 5. The summed E-state index contributed by atoms with van der Waals surface area (Å²) in [6.07, 6.45) is 3.67. The van der Waals surface area contributed by atoms with Crippen LogP contribution in [-0.4, -0.2) is 203 Å². The summed E-state index contributed by atoms with van der Waals surface area (Å²) in [5.74, 6) is 0.504. The van der Waals surface area contributed by atoms with E-state index in [-0.39, 0.29) is 133 Å². The number of methoxy groups -OCH3 is 1. The van der Waals surface area contributed by atoms with Crippen molar-refractivity contribution < 1.29 is 99.3 Å². The molecule has 39 heteroatoms. The fourth-order valence-corrected chi connectivity index (χ4v) is 29.2. The zero-order chi connectivity index (χ0) is 102. The van der Waals surface area contributed by atoms with Gasteiger partial charge in [-0.25, -0.2) is 66.1 Å². The van der Waals surface area contributed by atoms with Gasteiger partial charge in [0.2, 0.25) is 40.1 Å². The first kappa shape index (κ1) is 103. The Hall–Kier alpha value is -12.5. The van der Waals surface area contributed by atoms with Crippen LogP contribution in [0.25, 0.3) is 0 Å². The molecule has 1 aromatic heterocycles. The van der Waals surface area contributed by atoms with Crippen molar-refractivity contribution in [1.29, 1.82) is 5.26 Å². The number of Topliss-reactive ketones (excluding diaryl/α,β-unsaturated/α-hetero) is 1. The molecule has 754 valence electrons.